The summed E-state index contributed by atoms with van der Waals surface area (Å²) >= 11 is 6.29. The maximum Gasteiger partial charge on any atom is 0.573 e. The first-order valence-electron chi connectivity index (χ1n) is 10.4. The first-order valence-corrected chi connectivity index (χ1v) is 12.4. The van der Waals surface area contributed by atoms with Gasteiger partial charge in [0.25, 0.3) is 0 Å². The van der Waals surface area contributed by atoms with Crippen LogP contribution in [0.3, 0.4) is 0 Å². The van der Waals surface area contributed by atoms with Crippen LogP contribution in [0.2, 0.25) is 5.02 Å². The van der Waals surface area contributed by atoms with Crippen molar-refractivity contribution in [1.29, 1.82) is 0 Å². The van der Waals surface area contributed by atoms with Crippen LogP contribution in [0, 0.1) is 0 Å². The van der Waals surface area contributed by atoms with E-state index in [1.807, 2.05) is 0 Å². The Morgan fingerprint density at radius 2 is 1.69 bits per heavy atom. The summed E-state index contributed by atoms with van der Waals surface area (Å²) in [5, 5.41) is 11.6. The standard InChI is InChI=1S/C24H21ClF3NO5S/c25-21-15-17(8-11-19(21)20-4-1-2-5-22(20)34-24(26,27)28)29-23(31)14-16-6-9-18(10-7-16)35(32,33)13-3-12-30/h1-2,4-11,15,30H,3,12-14H2,(H,29,31). The number of benzene rings is 3. The molecule has 1 amide bonds. The van der Waals surface area contributed by atoms with E-state index in [-0.39, 0.29) is 40.7 Å². The fourth-order valence-corrected chi connectivity index (χ4v) is 4.87. The van der Waals surface area contributed by atoms with Crippen LogP contribution in [0.25, 0.3) is 11.1 Å². The van der Waals surface area contributed by atoms with Crippen LogP contribution in [-0.4, -0.2) is 38.2 Å². The molecule has 2 N–H and O–H groups in total. The second-order valence-corrected chi connectivity index (χ2v) is 10.0. The zero-order valence-electron chi connectivity index (χ0n) is 18.2. The molecule has 35 heavy (non-hydrogen) atoms. The van der Waals surface area contributed by atoms with Crippen molar-refractivity contribution in [2.75, 3.05) is 17.7 Å². The smallest absolute Gasteiger partial charge is 0.405 e. The highest BCUT2D eigenvalue weighted by Gasteiger charge is 2.32. The summed E-state index contributed by atoms with van der Waals surface area (Å²) in [6.07, 6.45) is -4.77. The molecule has 0 aliphatic rings. The third-order valence-electron chi connectivity index (χ3n) is 4.87. The van der Waals surface area contributed by atoms with Crippen LogP contribution in [-0.2, 0) is 21.1 Å². The summed E-state index contributed by atoms with van der Waals surface area (Å²) in [6, 6.07) is 15.8. The van der Waals surface area contributed by atoms with Crippen LogP contribution >= 0.6 is 11.6 Å². The molecule has 0 unspecified atom stereocenters. The first kappa shape index (κ1) is 26.5. The molecule has 3 rings (SSSR count). The van der Waals surface area contributed by atoms with E-state index in [9.17, 15) is 26.4 Å². The summed E-state index contributed by atoms with van der Waals surface area (Å²) < 4.78 is 66.5. The molecule has 0 fully saturated rings. The highest BCUT2D eigenvalue weighted by atomic mass is 35.5. The van der Waals surface area contributed by atoms with E-state index in [0.29, 0.717) is 16.8 Å². The maximum absolute atomic E-state index is 12.7. The Hall–Kier alpha value is -3.08. The molecule has 0 spiro atoms. The predicted octanol–water partition coefficient (Wildman–Crippen LogP) is 5.24. The van der Waals surface area contributed by atoms with Crippen molar-refractivity contribution in [3.63, 3.8) is 0 Å². The molecule has 0 saturated heterocycles. The van der Waals surface area contributed by atoms with Gasteiger partial charge in [0.2, 0.25) is 5.91 Å². The van der Waals surface area contributed by atoms with Gasteiger partial charge in [-0.25, -0.2) is 8.42 Å². The zero-order chi connectivity index (χ0) is 25.6. The number of aliphatic hydroxyl groups is 1. The van der Waals surface area contributed by atoms with E-state index < -0.39 is 27.9 Å². The number of halogens is 4. The van der Waals surface area contributed by atoms with Crippen molar-refractivity contribution >= 4 is 33.0 Å². The van der Waals surface area contributed by atoms with Gasteiger partial charge in [0.15, 0.2) is 9.84 Å². The fourth-order valence-electron chi connectivity index (χ4n) is 3.29. The van der Waals surface area contributed by atoms with Crippen molar-refractivity contribution in [1.82, 2.24) is 0 Å². The van der Waals surface area contributed by atoms with E-state index in [1.165, 1.54) is 60.7 Å². The third-order valence-corrected chi connectivity index (χ3v) is 7.00. The lowest BCUT2D eigenvalue weighted by molar-refractivity contribution is -0.274. The molecule has 186 valence electrons. The molecule has 0 heterocycles. The van der Waals surface area contributed by atoms with Gasteiger partial charge in [-0.3, -0.25) is 4.79 Å². The number of aliphatic hydroxyl groups excluding tert-OH is 1. The van der Waals surface area contributed by atoms with Gasteiger partial charge >= 0.3 is 6.36 Å². The molecule has 3 aromatic carbocycles. The molecule has 11 heteroatoms. The number of carbonyl (C=O) groups excluding carboxylic acids is 1. The van der Waals surface area contributed by atoms with E-state index >= 15 is 0 Å². The minimum atomic E-state index is -4.86. The average molecular weight is 528 g/mol. The van der Waals surface area contributed by atoms with Gasteiger partial charge in [-0.1, -0.05) is 48.0 Å². The monoisotopic (exact) mass is 527 g/mol. The lowest BCUT2D eigenvalue weighted by Crippen LogP contribution is -2.17. The van der Waals surface area contributed by atoms with Crippen molar-refractivity contribution in [2.24, 2.45) is 0 Å². The fraction of sp³-hybridized carbons (Fsp3) is 0.208. The summed E-state index contributed by atoms with van der Waals surface area (Å²) in [4.78, 5) is 12.5. The Balaban J connectivity index is 1.69. The van der Waals surface area contributed by atoms with Crippen molar-refractivity contribution in [3.05, 3.63) is 77.3 Å². The molecule has 0 aliphatic heterocycles. The molecule has 0 saturated carbocycles. The maximum atomic E-state index is 12.7. The summed E-state index contributed by atoms with van der Waals surface area (Å²) in [5.41, 5.74) is 1.34. The van der Waals surface area contributed by atoms with Gasteiger partial charge in [-0.05, 0) is 42.3 Å². The number of hydrogen-bond donors (Lipinski definition) is 2. The van der Waals surface area contributed by atoms with Crippen LogP contribution in [0.1, 0.15) is 12.0 Å². The van der Waals surface area contributed by atoms with E-state index in [1.54, 1.807) is 6.07 Å². The number of para-hydroxylation sites is 1. The van der Waals surface area contributed by atoms with Crippen LogP contribution in [0.15, 0.2) is 71.6 Å². The second-order valence-electron chi connectivity index (χ2n) is 7.50. The molecule has 0 radical (unpaired) electrons. The molecule has 0 bridgehead atoms. The average Bonchev–Trinajstić information content (AvgIpc) is 2.78. The number of hydrogen-bond acceptors (Lipinski definition) is 5. The van der Waals surface area contributed by atoms with Crippen molar-refractivity contribution in [2.45, 2.75) is 24.1 Å². The molecule has 0 aliphatic carbocycles. The Labute approximate surface area is 205 Å². The number of anilines is 1. The number of amides is 1. The number of alkyl halides is 3. The largest absolute Gasteiger partial charge is 0.573 e. The molecule has 6 nitrogen and oxygen atoms in total. The quantitative estimate of drug-likeness (QED) is 0.397. The first-order chi connectivity index (χ1) is 16.5. The Morgan fingerprint density at radius 1 is 1.00 bits per heavy atom. The number of rotatable bonds is 9. The molecule has 0 aromatic heterocycles. The number of ether oxygens (including phenoxy) is 1. The van der Waals surface area contributed by atoms with Gasteiger partial charge < -0.3 is 15.2 Å². The van der Waals surface area contributed by atoms with Gasteiger partial charge in [-0.15, -0.1) is 13.2 Å². The van der Waals surface area contributed by atoms with E-state index in [4.69, 9.17) is 16.7 Å². The summed E-state index contributed by atoms with van der Waals surface area (Å²) in [6.45, 7) is -0.226. The highest BCUT2D eigenvalue weighted by Crippen LogP contribution is 2.38. The van der Waals surface area contributed by atoms with Crippen LogP contribution < -0.4 is 10.1 Å². The number of nitrogens with one attached hydrogen (secondary N) is 1. The lowest BCUT2D eigenvalue weighted by Gasteiger charge is -2.15. The third kappa shape index (κ3) is 7.45. The Kier molecular flexibility index (Phi) is 8.42. The lowest BCUT2D eigenvalue weighted by atomic mass is 10.0. The number of carbonyl (C=O) groups is 1. The van der Waals surface area contributed by atoms with Crippen LogP contribution in [0.5, 0.6) is 5.75 Å². The predicted molar refractivity (Wildman–Crippen MR) is 126 cm³/mol. The topological polar surface area (TPSA) is 92.7 Å². The Bertz CT molecular complexity index is 1300. The SMILES string of the molecule is O=C(Cc1ccc(S(=O)(=O)CCCO)cc1)Nc1ccc(-c2ccccc2OC(F)(F)F)c(Cl)c1. The minimum absolute atomic E-state index is 0.0431. The van der Waals surface area contributed by atoms with Gasteiger partial charge in [0.1, 0.15) is 5.75 Å². The highest BCUT2D eigenvalue weighted by molar-refractivity contribution is 7.91. The number of sulfone groups is 1. The van der Waals surface area contributed by atoms with Gasteiger partial charge in [0, 0.05) is 23.4 Å². The molecule has 0 atom stereocenters. The molecule has 3 aromatic rings. The van der Waals surface area contributed by atoms with E-state index in [0.717, 1.165) is 0 Å². The summed E-state index contributed by atoms with van der Waals surface area (Å²) in [5.74, 6) is -0.974. The zero-order valence-corrected chi connectivity index (χ0v) is 19.8. The molecular weight excluding hydrogens is 507 g/mol. The van der Waals surface area contributed by atoms with Gasteiger partial charge in [0.05, 0.1) is 22.1 Å². The normalized spacial score (nSPS) is 11.8. The second kappa shape index (κ2) is 11.1. The van der Waals surface area contributed by atoms with Crippen LogP contribution in [0.4, 0.5) is 18.9 Å². The minimum Gasteiger partial charge on any atom is -0.405 e. The van der Waals surface area contributed by atoms with E-state index in [2.05, 4.69) is 10.1 Å². The summed E-state index contributed by atoms with van der Waals surface area (Å²) in [7, 11) is -3.51. The Morgan fingerprint density at radius 3 is 2.31 bits per heavy atom. The van der Waals surface area contributed by atoms with Crippen molar-refractivity contribution in [3.8, 4) is 16.9 Å². The van der Waals surface area contributed by atoms with Gasteiger partial charge in [-0.2, -0.15) is 0 Å². The van der Waals surface area contributed by atoms with Crippen molar-refractivity contribution < 1.29 is 36.2 Å². The molecular formula is C24H21ClF3NO5S.